The van der Waals surface area contributed by atoms with Crippen LogP contribution in [0.5, 0.6) is 5.75 Å². The summed E-state index contributed by atoms with van der Waals surface area (Å²) in [6.07, 6.45) is 1.46. The topological polar surface area (TPSA) is 127 Å². The average molecular weight is 385 g/mol. The first-order valence-corrected chi connectivity index (χ1v) is 7.79. The minimum absolute atomic E-state index is 0.135. The number of hydrogen-bond acceptors (Lipinski definition) is 6. The third kappa shape index (κ3) is 5.02. The predicted molar refractivity (Wildman–Crippen MR) is 90.8 cm³/mol. The molecule has 0 aliphatic rings. The van der Waals surface area contributed by atoms with E-state index in [0.717, 1.165) is 0 Å². The number of benzene rings is 1. The Morgan fingerprint density at radius 1 is 1.24 bits per heavy atom. The van der Waals surface area contributed by atoms with Crippen LogP contribution in [0.15, 0.2) is 30.6 Å². The summed E-state index contributed by atoms with van der Waals surface area (Å²) in [4.78, 5) is 30.7. The van der Waals surface area contributed by atoms with Crippen LogP contribution in [0.2, 0.25) is 10.0 Å². The van der Waals surface area contributed by atoms with E-state index in [2.05, 4.69) is 15.3 Å². The van der Waals surface area contributed by atoms with Crippen molar-refractivity contribution in [1.29, 1.82) is 0 Å². The molecule has 0 spiro atoms. The molecule has 0 aliphatic heterocycles. The summed E-state index contributed by atoms with van der Waals surface area (Å²) in [6, 6.07) is 4.85. The molecule has 2 aromatic rings. The van der Waals surface area contributed by atoms with Crippen molar-refractivity contribution in [3.8, 4) is 5.75 Å². The number of amides is 2. The van der Waals surface area contributed by atoms with Crippen molar-refractivity contribution < 1.29 is 19.4 Å². The molecule has 0 saturated heterocycles. The molecule has 0 saturated carbocycles. The van der Waals surface area contributed by atoms with Crippen molar-refractivity contribution in [2.24, 2.45) is 5.73 Å². The number of aromatic nitrogens is 2. The SMILES string of the molecule is NC(=O)c1nccnc1C(=O)NCC(O)COc1cccc(Cl)c1Cl. The first-order valence-electron chi connectivity index (χ1n) is 7.04. The molecule has 0 fully saturated rings. The summed E-state index contributed by atoms with van der Waals surface area (Å²) in [5, 5.41) is 12.9. The van der Waals surface area contributed by atoms with Gasteiger partial charge in [0.05, 0.1) is 5.02 Å². The Balaban J connectivity index is 1.90. The summed E-state index contributed by atoms with van der Waals surface area (Å²) in [5.74, 6) is -1.26. The van der Waals surface area contributed by atoms with Crippen LogP contribution in [0.3, 0.4) is 0 Å². The fraction of sp³-hybridized carbons (Fsp3) is 0.200. The van der Waals surface area contributed by atoms with Gasteiger partial charge in [0, 0.05) is 18.9 Å². The van der Waals surface area contributed by atoms with Gasteiger partial charge in [-0.15, -0.1) is 0 Å². The number of nitrogens with one attached hydrogen (secondary N) is 1. The quantitative estimate of drug-likeness (QED) is 0.654. The first kappa shape index (κ1) is 18.9. The highest BCUT2D eigenvalue weighted by Gasteiger charge is 2.19. The summed E-state index contributed by atoms with van der Waals surface area (Å²) < 4.78 is 5.36. The van der Waals surface area contributed by atoms with Gasteiger partial charge in [-0.2, -0.15) is 0 Å². The second kappa shape index (κ2) is 8.61. The van der Waals surface area contributed by atoms with Crippen molar-refractivity contribution in [2.45, 2.75) is 6.10 Å². The monoisotopic (exact) mass is 384 g/mol. The number of aliphatic hydroxyl groups excluding tert-OH is 1. The molecule has 1 atom stereocenters. The van der Waals surface area contributed by atoms with Crippen molar-refractivity contribution in [2.75, 3.05) is 13.2 Å². The van der Waals surface area contributed by atoms with Gasteiger partial charge in [-0.3, -0.25) is 9.59 Å². The molecule has 10 heteroatoms. The fourth-order valence-electron chi connectivity index (χ4n) is 1.82. The number of ether oxygens (including phenoxy) is 1. The molecule has 0 bridgehead atoms. The van der Waals surface area contributed by atoms with Crippen molar-refractivity contribution in [3.05, 3.63) is 52.0 Å². The second-order valence-electron chi connectivity index (χ2n) is 4.84. The highest BCUT2D eigenvalue weighted by Crippen LogP contribution is 2.31. The Hall–Kier alpha value is -2.42. The van der Waals surface area contributed by atoms with Crippen LogP contribution in [0.4, 0.5) is 0 Å². The molecule has 1 heterocycles. The number of carbonyl (C=O) groups is 2. The van der Waals surface area contributed by atoms with Gasteiger partial charge in [-0.25, -0.2) is 9.97 Å². The molecular weight excluding hydrogens is 371 g/mol. The second-order valence-corrected chi connectivity index (χ2v) is 5.63. The molecule has 25 heavy (non-hydrogen) atoms. The normalized spacial score (nSPS) is 11.6. The van der Waals surface area contributed by atoms with Crippen LogP contribution in [-0.2, 0) is 0 Å². The highest BCUT2D eigenvalue weighted by molar-refractivity contribution is 6.42. The zero-order valence-corrected chi connectivity index (χ0v) is 14.3. The lowest BCUT2D eigenvalue weighted by molar-refractivity contribution is 0.0834. The lowest BCUT2D eigenvalue weighted by atomic mass is 10.2. The molecular formula is C15H14Cl2N4O4. The number of hydrogen-bond donors (Lipinski definition) is 3. The van der Waals surface area contributed by atoms with Crippen LogP contribution in [0.25, 0.3) is 0 Å². The molecule has 1 unspecified atom stereocenters. The van der Waals surface area contributed by atoms with E-state index >= 15 is 0 Å². The molecule has 2 amide bonds. The summed E-state index contributed by atoms with van der Waals surface area (Å²) >= 11 is 11.8. The molecule has 0 aliphatic carbocycles. The molecule has 132 valence electrons. The molecule has 0 radical (unpaired) electrons. The number of halogens is 2. The third-order valence-electron chi connectivity index (χ3n) is 2.99. The zero-order valence-electron chi connectivity index (χ0n) is 12.8. The van der Waals surface area contributed by atoms with Gasteiger partial charge in [0.1, 0.15) is 23.5 Å². The van der Waals surface area contributed by atoms with Gasteiger partial charge >= 0.3 is 0 Å². The van der Waals surface area contributed by atoms with E-state index in [0.29, 0.717) is 10.8 Å². The first-order chi connectivity index (χ1) is 11.9. The maximum absolute atomic E-state index is 12.0. The molecule has 1 aromatic carbocycles. The third-order valence-corrected chi connectivity index (χ3v) is 3.79. The number of carbonyl (C=O) groups excluding carboxylic acids is 2. The van der Waals surface area contributed by atoms with Gasteiger partial charge in [0.25, 0.3) is 11.8 Å². The molecule has 2 rings (SSSR count). The van der Waals surface area contributed by atoms with E-state index in [9.17, 15) is 14.7 Å². The van der Waals surface area contributed by atoms with Crippen LogP contribution in [0.1, 0.15) is 21.0 Å². The standard InChI is InChI=1S/C15H14Cl2N4O4/c16-9-2-1-3-10(11(9)17)25-7-8(22)6-21-15(24)13-12(14(18)23)19-4-5-20-13/h1-5,8,22H,6-7H2,(H2,18,23)(H,21,24). The lowest BCUT2D eigenvalue weighted by Gasteiger charge is -2.14. The van der Waals surface area contributed by atoms with E-state index in [1.165, 1.54) is 12.4 Å². The van der Waals surface area contributed by atoms with Crippen molar-refractivity contribution in [1.82, 2.24) is 15.3 Å². The van der Waals surface area contributed by atoms with Gasteiger partial charge in [-0.1, -0.05) is 29.3 Å². The van der Waals surface area contributed by atoms with E-state index in [1.807, 2.05) is 0 Å². The van der Waals surface area contributed by atoms with Gasteiger partial charge < -0.3 is 20.9 Å². The number of rotatable bonds is 7. The Morgan fingerprint density at radius 3 is 2.60 bits per heavy atom. The van der Waals surface area contributed by atoms with Gasteiger partial charge in [0.2, 0.25) is 0 Å². The average Bonchev–Trinajstić information content (AvgIpc) is 2.60. The summed E-state index contributed by atoms with van der Waals surface area (Å²) in [7, 11) is 0. The number of nitrogens with zero attached hydrogens (tertiary/aromatic N) is 2. The Morgan fingerprint density at radius 2 is 1.92 bits per heavy atom. The Bertz CT molecular complexity index is 788. The molecule has 1 aromatic heterocycles. The summed E-state index contributed by atoms with van der Waals surface area (Å²) in [6.45, 7) is -0.282. The van der Waals surface area contributed by atoms with E-state index in [-0.39, 0.29) is 29.6 Å². The number of primary amides is 1. The summed E-state index contributed by atoms with van der Waals surface area (Å²) in [5.41, 5.74) is 4.66. The smallest absolute Gasteiger partial charge is 0.272 e. The minimum atomic E-state index is -1.03. The number of aliphatic hydroxyl groups is 1. The van der Waals surface area contributed by atoms with Gasteiger partial charge in [-0.05, 0) is 12.1 Å². The van der Waals surface area contributed by atoms with Crippen LogP contribution < -0.4 is 15.8 Å². The van der Waals surface area contributed by atoms with E-state index in [4.69, 9.17) is 33.7 Å². The zero-order chi connectivity index (χ0) is 18.4. The largest absolute Gasteiger partial charge is 0.489 e. The highest BCUT2D eigenvalue weighted by atomic mass is 35.5. The lowest BCUT2D eigenvalue weighted by Crippen LogP contribution is -2.36. The maximum Gasteiger partial charge on any atom is 0.272 e. The van der Waals surface area contributed by atoms with Crippen LogP contribution in [-0.4, -0.2) is 46.1 Å². The van der Waals surface area contributed by atoms with Crippen LogP contribution in [0, 0.1) is 0 Å². The van der Waals surface area contributed by atoms with Crippen LogP contribution >= 0.6 is 23.2 Å². The van der Waals surface area contributed by atoms with E-state index < -0.39 is 17.9 Å². The minimum Gasteiger partial charge on any atom is -0.489 e. The maximum atomic E-state index is 12.0. The van der Waals surface area contributed by atoms with E-state index in [1.54, 1.807) is 18.2 Å². The molecule has 8 nitrogen and oxygen atoms in total. The predicted octanol–water partition coefficient (Wildman–Crippen LogP) is 1.05. The molecule has 4 N–H and O–H groups in total. The fourth-order valence-corrected chi connectivity index (χ4v) is 2.17. The Kier molecular flexibility index (Phi) is 6.51. The van der Waals surface area contributed by atoms with Crippen molar-refractivity contribution >= 4 is 35.0 Å². The van der Waals surface area contributed by atoms with Crippen molar-refractivity contribution in [3.63, 3.8) is 0 Å². The van der Waals surface area contributed by atoms with Gasteiger partial charge in [0.15, 0.2) is 11.4 Å². The number of nitrogens with two attached hydrogens (primary N) is 1. The Labute approximate surface area is 152 Å².